The number of anilines is 2. The molecule has 2 saturated carbocycles. The van der Waals surface area contributed by atoms with Crippen LogP contribution in [0.3, 0.4) is 0 Å². The minimum Gasteiger partial charge on any atom is -0.388 e. The molecule has 0 radical (unpaired) electrons. The maximum atomic E-state index is 13.2. The fourth-order valence-corrected chi connectivity index (χ4v) is 9.69. The molecule has 4 aromatic rings. The quantitative estimate of drug-likeness (QED) is 0.126. The van der Waals surface area contributed by atoms with Crippen LogP contribution in [0.25, 0.3) is 20.8 Å². The fraction of sp³-hybridized carbons (Fsp3) is 0.552. The van der Waals surface area contributed by atoms with E-state index < -0.39 is 27.6 Å². The maximum Gasteiger partial charge on any atom is 0.224 e. The zero-order valence-corrected chi connectivity index (χ0v) is 27.6. The second-order valence-corrected chi connectivity index (χ2v) is 16.0. The van der Waals surface area contributed by atoms with Crippen LogP contribution < -0.4 is 10.6 Å². The van der Waals surface area contributed by atoms with Gasteiger partial charge in [0, 0.05) is 36.1 Å². The highest BCUT2D eigenvalue weighted by molar-refractivity contribution is 7.93. The fourth-order valence-electron chi connectivity index (χ4n) is 5.56. The molecular weight excluding hydrogens is 623 g/mol. The molecule has 0 amide bonds. The van der Waals surface area contributed by atoms with E-state index in [0.29, 0.717) is 65.8 Å². The van der Waals surface area contributed by atoms with Crippen LogP contribution in [0.4, 0.5) is 11.8 Å². The zero-order valence-electron chi connectivity index (χ0n) is 25.1. The van der Waals surface area contributed by atoms with Gasteiger partial charge in [-0.2, -0.15) is 4.98 Å². The van der Waals surface area contributed by atoms with E-state index in [0.717, 1.165) is 45.0 Å². The SMILES string of the molecule is CCOCCNc1nc(C)c(-c2nc3c(C4CC4)nccc3s2)c(N[C@@]2(O)CC[C@H](CS(=O)(=O)c3nc(C)c(C)s3)[C@H]2O)n1. The number of aromatic nitrogens is 5. The number of ether oxygens (including phenoxy) is 1. The second-order valence-electron chi connectivity index (χ2n) is 11.5. The van der Waals surface area contributed by atoms with Crippen LogP contribution in [0.5, 0.6) is 0 Å². The molecule has 44 heavy (non-hydrogen) atoms. The molecule has 0 saturated heterocycles. The van der Waals surface area contributed by atoms with Crippen molar-refractivity contribution in [2.75, 3.05) is 36.1 Å². The molecular formula is C29H37N7O5S3. The van der Waals surface area contributed by atoms with Gasteiger partial charge in [-0.25, -0.2) is 23.4 Å². The Kier molecular flexibility index (Phi) is 8.63. The molecule has 3 atom stereocenters. The highest BCUT2D eigenvalue weighted by atomic mass is 32.2. The Morgan fingerprint density at radius 3 is 2.59 bits per heavy atom. The van der Waals surface area contributed by atoms with Crippen LogP contribution >= 0.6 is 22.7 Å². The molecule has 4 aromatic heterocycles. The van der Waals surface area contributed by atoms with Gasteiger partial charge in [0.1, 0.15) is 22.4 Å². The van der Waals surface area contributed by atoms with Crippen molar-refractivity contribution in [3.05, 3.63) is 34.2 Å². The van der Waals surface area contributed by atoms with Crippen LogP contribution in [0, 0.1) is 26.7 Å². The summed E-state index contributed by atoms with van der Waals surface area (Å²) in [4.78, 5) is 24.0. The number of nitrogens with one attached hydrogen (secondary N) is 2. The number of thiazole rings is 2. The van der Waals surface area contributed by atoms with Crippen molar-refractivity contribution in [3.8, 4) is 10.6 Å². The van der Waals surface area contributed by atoms with Crippen LogP contribution in [0.15, 0.2) is 16.6 Å². The number of fused-ring (bicyclic) bond motifs is 1. The van der Waals surface area contributed by atoms with E-state index in [9.17, 15) is 18.6 Å². The molecule has 236 valence electrons. The predicted octanol–water partition coefficient (Wildman–Crippen LogP) is 4.20. The number of nitrogens with zero attached hydrogens (tertiary/aromatic N) is 5. The molecule has 2 aliphatic carbocycles. The number of aryl methyl sites for hydroxylation is 3. The Balaban J connectivity index is 1.32. The molecule has 0 spiro atoms. The Hall–Kier alpha value is -2.82. The smallest absolute Gasteiger partial charge is 0.224 e. The molecule has 6 rings (SSSR count). The Bertz CT molecular complexity index is 1770. The van der Waals surface area contributed by atoms with Gasteiger partial charge >= 0.3 is 0 Å². The summed E-state index contributed by atoms with van der Waals surface area (Å²) in [7, 11) is -3.76. The minimum atomic E-state index is -3.76. The summed E-state index contributed by atoms with van der Waals surface area (Å²) in [6.45, 7) is 8.91. The van der Waals surface area contributed by atoms with Crippen molar-refractivity contribution < 1.29 is 23.4 Å². The Labute approximate surface area is 264 Å². The van der Waals surface area contributed by atoms with Gasteiger partial charge in [-0.05, 0) is 59.4 Å². The van der Waals surface area contributed by atoms with Crippen LogP contribution in [0.2, 0.25) is 0 Å². The number of hydrogen-bond donors (Lipinski definition) is 4. The van der Waals surface area contributed by atoms with Crippen molar-refractivity contribution in [1.29, 1.82) is 0 Å². The van der Waals surface area contributed by atoms with Crippen molar-refractivity contribution in [2.24, 2.45) is 5.92 Å². The molecule has 12 nitrogen and oxygen atoms in total. The number of rotatable bonds is 12. The number of aliphatic hydroxyl groups is 2. The zero-order chi connectivity index (χ0) is 31.2. The first-order chi connectivity index (χ1) is 21.0. The van der Waals surface area contributed by atoms with Gasteiger partial charge < -0.3 is 25.6 Å². The molecule has 2 fully saturated rings. The predicted molar refractivity (Wildman–Crippen MR) is 171 cm³/mol. The first-order valence-electron chi connectivity index (χ1n) is 14.8. The third-order valence-electron chi connectivity index (χ3n) is 8.21. The molecule has 4 N–H and O–H groups in total. The summed E-state index contributed by atoms with van der Waals surface area (Å²) in [5.74, 6) is 0.0264. The lowest BCUT2D eigenvalue weighted by Crippen LogP contribution is -2.48. The normalized spacial score (nSPS) is 22.1. The lowest BCUT2D eigenvalue weighted by atomic mass is 10.0. The first kappa shape index (κ1) is 31.2. The van der Waals surface area contributed by atoms with Crippen molar-refractivity contribution in [2.45, 2.75) is 75.5 Å². The molecule has 15 heteroatoms. The summed E-state index contributed by atoms with van der Waals surface area (Å²) in [5, 5.41) is 30.1. The second kappa shape index (κ2) is 12.2. The maximum absolute atomic E-state index is 13.2. The van der Waals surface area contributed by atoms with Gasteiger partial charge in [0.15, 0.2) is 5.72 Å². The third-order valence-corrected chi connectivity index (χ3v) is 12.6. The molecule has 0 bridgehead atoms. The van der Waals surface area contributed by atoms with Crippen molar-refractivity contribution in [3.63, 3.8) is 0 Å². The molecule has 0 unspecified atom stereocenters. The lowest BCUT2D eigenvalue weighted by Gasteiger charge is -2.31. The van der Waals surface area contributed by atoms with Crippen LogP contribution in [-0.4, -0.2) is 80.9 Å². The lowest BCUT2D eigenvalue weighted by molar-refractivity contribution is -0.0442. The van der Waals surface area contributed by atoms with E-state index in [1.807, 2.05) is 33.0 Å². The van der Waals surface area contributed by atoms with Crippen LogP contribution in [-0.2, 0) is 14.6 Å². The number of hydrogen-bond acceptors (Lipinski definition) is 14. The first-order valence-corrected chi connectivity index (χ1v) is 18.1. The van der Waals surface area contributed by atoms with E-state index >= 15 is 0 Å². The van der Waals surface area contributed by atoms with Gasteiger partial charge in [0.2, 0.25) is 20.1 Å². The average molecular weight is 660 g/mol. The number of sulfone groups is 1. The summed E-state index contributed by atoms with van der Waals surface area (Å²) in [6, 6.07) is 1.94. The van der Waals surface area contributed by atoms with E-state index in [2.05, 4.69) is 25.6 Å². The number of pyridine rings is 1. The van der Waals surface area contributed by atoms with E-state index in [1.54, 1.807) is 6.92 Å². The summed E-state index contributed by atoms with van der Waals surface area (Å²) >= 11 is 2.62. The summed E-state index contributed by atoms with van der Waals surface area (Å²) in [6.07, 6.45) is 3.04. The summed E-state index contributed by atoms with van der Waals surface area (Å²) in [5.41, 5.74) is 1.93. The Morgan fingerprint density at radius 2 is 1.89 bits per heavy atom. The van der Waals surface area contributed by atoms with E-state index in [1.165, 1.54) is 11.3 Å². The molecule has 4 heterocycles. The largest absolute Gasteiger partial charge is 0.388 e. The minimum absolute atomic E-state index is 0.0375. The van der Waals surface area contributed by atoms with Gasteiger partial charge in [0.05, 0.1) is 39.7 Å². The topological polar surface area (TPSA) is 172 Å². The summed E-state index contributed by atoms with van der Waals surface area (Å²) < 4.78 is 32.9. The van der Waals surface area contributed by atoms with Gasteiger partial charge in [0.25, 0.3) is 0 Å². The highest BCUT2D eigenvalue weighted by Crippen LogP contribution is 2.45. The van der Waals surface area contributed by atoms with Gasteiger partial charge in [-0.15, -0.1) is 22.7 Å². The molecule has 0 aliphatic heterocycles. The van der Waals surface area contributed by atoms with Crippen molar-refractivity contribution in [1.82, 2.24) is 24.9 Å². The molecule has 2 aliphatic rings. The van der Waals surface area contributed by atoms with E-state index in [4.69, 9.17) is 14.7 Å². The standard InChI is InChI=1S/C29H37N7O5S3/c1-5-41-13-12-31-27-32-16(3)21(26-34-23-20(43-26)9-11-30-22(23)18-6-7-18)25(35-27)36-29(38)10-8-19(24(29)37)14-44(39,40)28-33-15(2)17(4)42-28/h9,11,18-19,24,37-38H,5-8,10,12-14H2,1-4H3,(H2,31,32,35,36)/t19-,24-,29-/m1/s1. The third kappa shape index (κ3) is 6.17. The highest BCUT2D eigenvalue weighted by Gasteiger charge is 2.49. The number of aliphatic hydroxyl groups excluding tert-OH is 1. The van der Waals surface area contributed by atoms with Crippen LogP contribution in [0.1, 0.15) is 60.5 Å². The van der Waals surface area contributed by atoms with Crippen molar-refractivity contribution >= 4 is 54.5 Å². The van der Waals surface area contributed by atoms with Gasteiger partial charge in [-0.1, -0.05) is 0 Å². The van der Waals surface area contributed by atoms with Gasteiger partial charge in [-0.3, -0.25) is 4.98 Å². The molecule has 0 aromatic carbocycles. The average Bonchev–Trinajstić information content (AvgIpc) is 3.56. The van der Waals surface area contributed by atoms with E-state index in [-0.39, 0.29) is 16.5 Å². The monoisotopic (exact) mass is 659 g/mol. The Morgan fingerprint density at radius 1 is 1.09 bits per heavy atom.